The van der Waals surface area contributed by atoms with Gasteiger partial charge in [-0.05, 0) is 35.4 Å². The van der Waals surface area contributed by atoms with Crippen LogP contribution in [-0.2, 0) is 29.8 Å². The lowest BCUT2D eigenvalue weighted by Crippen LogP contribution is -2.47. The third-order valence-corrected chi connectivity index (χ3v) is 7.22. The number of para-hydroxylation sites is 1. The van der Waals surface area contributed by atoms with Crippen LogP contribution < -0.4 is 10.2 Å². The summed E-state index contributed by atoms with van der Waals surface area (Å²) in [5.41, 5.74) is 4.54. The third kappa shape index (κ3) is 6.43. The zero-order valence-electron chi connectivity index (χ0n) is 20.5. The summed E-state index contributed by atoms with van der Waals surface area (Å²) in [4.78, 5) is 22.0. The lowest BCUT2D eigenvalue weighted by Gasteiger charge is -2.36. The topological polar surface area (TPSA) is 98.9 Å². The van der Waals surface area contributed by atoms with E-state index in [2.05, 4.69) is 32.2 Å². The van der Waals surface area contributed by atoms with Crippen molar-refractivity contribution in [2.24, 2.45) is 0 Å². The molecule has 2 N–H and O–H groups in total. The van der Waals surface area contributed by atoms with Gasteiger partial charge in [0.25, 0.3) is 5.91 Å². The molecule has 1 amide bonds. The molecule has 1 aliphatic heterocycles. The Labute approximate surface area is 218 Å². The third-order valence-electron chi connectivity index (χ3n) is 6.64. The van der Waals surface area contributed by atoms with Crippen LogP contribution in [0, 0.1) is 0 Å². The first kappa shape index (κ1) is 25.1. The second-order valence-corrected chi connectivity index (χ2v) is 10.1. The summed E-state index contributed by atoms with van der Waals surface area (Å²) in [6.07, 6.45) is 2.79. The first-order valence-corrected chi connectivity index (χ1v) is 13.7. The number of hydrogen-bond acceptors (Lipinski definition) is 6. The molecule has 1 fully saturated rings. The molecule has 0 spiro atoms. The number of aromatic nitrogens is 1. The number of nitrogens with one attached hydrogen (secondary N) is 1. The number of carbonyl (C=O) groups excluding carboxylic acids is 1. The Balaban J connectivity index is 1.18. The number of nitrogens with zero attached hydrogens (tertiary/aromatic N) is 3. The van der Waals surface area contributed by atoms with Crippen LogP contribution >= 0.6 is 0 Å². The number of carbonyl (C=O) groups is 1. The number of furan rings is 1. The number of hydrogen-bond donors (Lipinski definition) is 2. The van der Waals surface area contributed by atoms with E-state index < -0.39 is 11.1 Å². The van der Waals surface area contributed by atoms with E-state index in [1.165, 1.54) is 0 Å². The molecule has 9 heteroatoms. The molecular weight excluding hydrogens is 488 g/mol. The van der Waals surface area contributed by atoms with Gasteiger partial charge in [0.05, 0.1) is 11.4 Å². The Morgan fingerprint density at radius 2 is 1.78 bits per heavy atom. The minimum absolute atomic E-state index is 0.0914. The van der Waals surface area contributed by atoms with Gasteiger partial charge in [-0.15, -0.1) is 0 Å². The van der Waals surface area contributed by atoms with Gasteiger partial charge in [0.2, 0.25) is 0 Å². The molecule has 1 atom stereocenters. The van der Waals surface area contributed by atoms with Crippen molar-refractivity contribution in [2.45, 2.75) is 18.7 Å². The van der Waals surface area contributed by atoms with Gasteiger partial charge in [-0.25, -0.2) is 4.21 Å². The van der Waals surface area contributed by atoms with Crippen molar-refractivity contribution in [3.8, 4) is 0 Å². The van der Waals surface area contributed by atoms with E-state index in [1.807, 2.05) is 42.6 Å². The van der Waals surface area contributed by atoms with E-state index in [4.69, 9.17) is 8.97 Å². The number of pyridine rings is 1. The van der Waals surface area contributed by atoms with E-state index >= 15 is 0 Å². The lowest BCUT2D eigenvalue weighted by atomic mass is 10.1. The number of piperazine rings is 1. The van der Waals surface area contributed by atoms with Crippen molar-refractivity contribution in [3.63, 3.8) is 0 Å². The van der Waals surface area contributed by atoms with Crippen LogP contribution in [-0.4, -0.2) is 57.3 Å². The number of amides is 1. The molecule has 0 bridgehead atoms. The summed E-state index contributed by atoms with van der Waals surface area (Å²) in [6, 6.07) is 21.1. The Hall–Kier alpha value is -3.53. The molecule has 1 unspecified atom stereocenters. The van der Waals surface area contributed by atoms with Crippen LogP contribution in [0.1, 0.15) is 27.4 Å². The fourth-order valence-corrected chi connectivity index (χ4v) is 5.08. The van der Waals surface area contributed by atoms with E-state index in [1.54, 1.807) is 18.2 Å². The van der Waals surface area contributed by atoms with Crippen LogP contribution in [0.3, 0.4) is 0 Å². The fourth-order valence-electron chi connectivity index (χ4n) is 4.61. The van der Waals surface area contributed by atoms with Crippen LogP contribution in [0.4, 0.5) is 5.69 Å². The van der Waals surface area contributed by atoms with Gasteiger partial charge in [0, 0.05) is 63.0 Å². The molecule has 4 aromatic rings. The number of anilines is 1. The summed E-state index contributed by atoms with van der Waals surface area (Å²) in [5.74, 6) is 0.0968. The maximum absolute atomic E-state index is 12.8. The van der Waals surface area contributed by atoms with E-state index in [0.29, 0.717) is 6.54 Å². The lowest BCUT2D eigenvalue weighted by molar-refractivity contribution is 0.0925. The Morgan fingerprint density at radius 1 is 1.00 bits per heavy atom. The van der Waals surface area contributed by atoms with E-state index in [-0.39, 0.29) is 17.4 Å². The Bertz CT molecular complexity index is 1370. The normalized spacial score (nSPS) is 15.1. The smallest absolute Gasteiger partial charge is 0.287 e. The second-order valence-electron chi connectivity index (χ2n) is 9.17. The second kappa shape index (κ2) is 11.7. The maximum atomic E-state index is 12.8. The monoisotopic (exact) mass is 518 g/mol. The van der Waals surface area contributed by atoms with Crippen LogP contribution in [0.15, 0.2) is 77.3 Å². The largest absolute Gasteiger partial charge is 0.449 e. The molecule has 192 valence electrons. The standard InChI is InChI=1S/C28H30N4O4S/c33-28(30-19-21-7-9-22(10-8-21)20-37(34)35)26-18-23-4-3-6-25(27(23)36-26)32-16-14-31(15-17-32)13-11-24-5-1-2-12-29-24/h1-10,12,18H,11,13-17,19-20H2,(H,30,33)(H,34,35). The minimum atomic E-state index is -1.87. The Morgan fingerprint density at radius 3 is 2.51 bits per heavy atom. The SMILES string of the molecule is O=C(NCc1ccc(CS(=O)O)cc1)c1cc2cccc(N3CCN(CCc4ccccn4)CC3)c2o1. The average molecular weight is 519 g/mol. The quantitative estimate of drug-likeness (QED) is 0.325. The van der Waals surface area contributed by atoms with Gasteiger partial charge < -0.3 is 19.2 Å². The van der Waals surface area contributed by atoms with Crippen molar-refractivity contribution >= 4 is 33.6 Å². The highest BCUT2D eigenvalue weighted by molar-refractivity contribution is 7.78. The first-order chi connectivity index (χ1) is 18.0. The highest BCUT2D eigenvalue weighted by Crippen LogP contribution is 2.30. The molecule has 0 aliphatic carbocycles. The van der Waals surface area contributed by atoms with Crippen molar-refractivity contribution in [2.75, 3.05) is 37.6 Å². The van der Waals surface area contributed by atoms with Crippen molar-refractivity contribution < 1.29 is 18.0 Å². The molecule has 37 heavy (non-hydrogen) atoms. The summed E-state index contributed by atoms with van der Waals surface area (Å²) in [6.45, 7) is 5.04. The average Bonchev–Trinajstić information content (AvgIpc) is 3.37. The number of fused-ring (bicyclic) bond motifs is 1. The molecule has 2 aromatic heterocycles. The Kier molecular flexibility index (Phi) is 7.93. The van der Waals surface area contributed by atoms with Crippen LogP contribution in [0.5, 0.6) is 0 Å². The molecule has 1 saturated heterocycles. The minimum Gasteiger partial charge on any atom is -0.449 e. The molecule has 8 nitrogen and oxygen atoms in total. The molecule has 3 heterocycles. The summed E-state index contributed by atoms with van der Waals surface area (Å²) in [5, 5.41) is 3.81. The van der Waals surface area contributed by atoms with Crippen molar-refractivity contribution in [1.29, 1.82) is 0 Å². The van der Waals surface area contributed by atoms with Gasteiger partial charge in [-0.2, -0.15) is 0 Å². The number of rotatable bonds is 9. The predicted molar refractivity (Wildman–Crippen MR) is 145 cm³/mol. The molecule has 5 rings (SSSR count). The highest BCUT2D eigenvalue weighted by atomic mass is 32.2. The van der Waals surface area contributed by atoms with Gasteiger partial charge in [-0.1, -0.05) is 42.5 Å². The zero-order chi connectivity index (χ0) is 25.6. The van der Waals surface area contributed by atoms with Gasteiger partial charge >= 0.3 is 0 Å². The summed E-state index contributed by atoms with van der Waals surface area (Å²) < 4.78 is 26.0. The summed E-state index contributed by atoms with van der Waals surface area (Å²) >= 11 is -1.87. The van der Waals surface area contributed by atoms with Crippen LogP contribution in [0.2, 0.25) is 0 Å². The van der Waals surface area contributed by atoms with Crippen LogP contribution in [0.25, 0.3) is 11.0 Å². The zero-order valence-corrected chi connectivity index (χ0v) is 21.3. The molecule has 0 saturated carbocycles. The molecule has 1 aliphatic rings. The fraction of sp³-hybridized carbons (Fsp3) is 0.286. The summed E-state index contributed by atoms with van der Waals surface area (Å²) in [7, 11) is 0. The molecule has 2 aromatic carbocycles. The van der Waals surface area contributed by atoms with Crippen molar-refractivity contribution in [3.05, 3.63) is 95.5 Å². The number of benzene rings is 2. The maximum Gasteiger partial charge on any atom is 0.287 e. The van der Waals surface area contributed by atoms with E-state index in [9.17, 15) is 9.00 Å². The van der Waals surface area contributed by atoms with E-state index in [0.717, 1.165) is 72.6 Å². The van der Waals surface area contributed by atoms with Crippen molar-refractivity contribution in [1.82, 2.24) is 15.2 Å². The van der Waals surface area contributed by atoms with Gasteiger partial charge in [0.15, 0.2) is 22.4 Å². The molecule has 0 radical (unpaired) electrons. The highest BCUT2D eigenvalue weighted by Gasteiger charge is 2.21. The predicted octanol–water partition coefficient (Wildman–Crippen LogP) is 3.84. The first-order valence-electron chi connectivity index (χ1n) is 12.4. The van der Waals surface area contributed by atoms with Gasteiger partial charge in [-0.3, -0.25) is 14.7 Å². The van der Waals surface area contributed by atoms with Gasteiger partial charge in [0.1, 0.15) is 0 Å². The molecular formula is C28H30N4O4S.